The molecule has 1 aliphatic heterocycles. The van der Waals surface area contributed by atoms with Gasteiger partial charge >= 0.3 is 0 Å². The molecule has 1 atom stereocenters. The van der Waals surface area contributed by atoms with Gasteiger partial charge in [-0.05, 0) is 60.2 Å². The van der Waals surface area contributed by atoms with Crippen LogP contribution in [0, 0.1) is 5.82 Å². The molecule has 0 spiro atoms. The van der Waals surface area contributed by atoms with Crippen LogP contribution in [-0.2, 0) is 0 Å². The second-order valence-electron chi connectivity index (χ2n) is 7.14. The minimum absolute atomic E-state index is 0.0371. The molecule has 3 aromatic carbocycles. The normalized spacial score (nSPS) is 15.4. The van der Waals surface area contributed by atoms with Crippen LogP contribution in [0.5, 0.6) is 5.75 Å². The van der Waals surface area contributed by atoms with Gasteiger partial charge in [0, 0.05) is 10.7 Å². The molecule has 1 aliphatic rings. The average molecular weight is 436 g/mol. The van der Waals surface area contributed by atoms with Gasteiger partial charge in [-0.2, -0.15) is 0 Å². The van der Waals surface area contributed by atoms with Crippen LogP contribution in [0.3, 0.4) is 0 Å². The molecule has 31 heavy (non-hydrogen) atoms. The lowest BCUT2D eigenvalue weighted by Crippen LogP contribution is -2.29. The first-order valence-electron chi connectivity index (χ1n) is 9.47. The third-order valence-corrected chi connectivity index (χ3v) is 5.60. The van der Waals surface area contributed by atoms with Gasteiger partial charge in [0.05, 0.1) is 24.1 Å². The minimum atomic E-state index is -0.781. The fourth-order valence-electron chi connectivity index (χ4n) is 3.91. The Hall–Kier alpha value is -3.64. The highest BCUT2D eigenvalue weighted by atomic mass is 35.5. The summed E-state index contributed by atoms with van der Waals surface area (Å²) in [5.74, 6) is -0.282. The Morgan fingerprint density at radius 2 is 1.71 bits per heavy atom. The molecule has 0 saturated carbocycles. The fourth-order valence-corrected chi connectivity index (χ4v) is 4.09. The number of rotatable bonds is 3. The third-order valence-electron chi connectivity index (χ3n) is 5.37. The lowest BCUT2D eigenvalue weighted by Gasteiger charge is -2.25. The third kappa shape index (κ3) is 3.07. The number of halogens is 2. The van der Waals surface area contributed by atoms with E-state index in [2.05, 4.69) is 0 Å². The second kappa shape index (κ2) is 7.25. The Balaban J connectivity index is 1.78. The van der Waals surface area contributed by atoms with E-state index in [-0.39, 0.29) is 27.7 Å². The van der Waals surface area contributed by atoms with Crippen molar-refractivity contribution in [2.24, 2.45) is 0 Å². The number of fused-ring (bicyclic) bond motifs is 2. The summed E-state index contributed by atoms with van der Waals surface area (Å²) in [4.78, 5) is 28.4. The number of ether oxygens (including phenoxy) is 1. The van der Waals surface area contributed by atoms with Gasteiger partial charge in [-0.1, -0.05) is 23.7 Å². The second-order valence-corrected chi connectivity index (χ2v) is 7.58. The molecule has 0 aliphatic carbocycles. The topological polar surface area (TPSA) is 59.8 Å². The highest BCUT2D eigenvalue weighted by molar-refractivity contribution is 6.31. The fraction of sp³-hybridized carbons (Fsp3) is 0.0833. The predicted octanol–water partition coefficient (Wildman–Crippen LogP) is 5.34. The highest BCUT2D eigenvalue weighted by Gasteiger charge is 2.43. The van der Waals surface area contributed by atoms with Crippen LogP contribution < -0.4 is 15.1 Å². The van der Waals surface area contributed by atoms with E-state index in [4.69, 9.17) is 20.8 Å². The summed E-state index contributed by atoms with van der Waals surface area (Å²) in [6, 6.07) is 16.5. The van der Waals surface area contributed by atoms with E-state index in [0.29, 0.717) is 22.0 Å². The Kier molecular flexibility index (Phi) is 4.52. The molecule has 0 N–H and O–H groups in total. The molecule has 5 nitrogen and oxygen atoms in total. The Morgan fingerprint density at radius 3 is 2.39 bits per heavy atom. The lowest BCUT2D eigenvalue weighted by molar-refractivity contribution is 0.0971. The molecule has 2 heterocycles. The SMILES string of the molecule is COc1ccc(N2C(=O)c3oc4ccc(Cl)cc4c(=O)c3C2c2ccc(F)cc2)cc1. The molecule has 7 heteroatoms. The molecule has 4 aromatic rings. The predicted molar refractivity (Wildman–Crippen MR) is 116 cm³/mol. The van der Waals surface area contributed by atoms with Crippen LogP contribution in [0.4, 0.5) is 10.1 Å². The number of carbonyl (C=O) groups is 1. The van der Waals surface area contributed by atoms with Crippen LogP contribution >= 0.6 is 11.6 Å². The van der Waals surface area contributed by atoms with Gasteiger partial charge in [0.2, 0.25) is 5.76 Å². The minimum Gasteiger partial charge on any atom is -0.497 e. The first-order chi connectivity index (χ1) is 15.0. The Bertz CT molecular complexity index is 1380. The molecule has 0 bridgehead atoms. The van der Waals surface area contributed by atoms with E-state index in [0.717, 1.165) is 0 Å². The number of nitrogens with zero attached hydrogens (tertiary/aromatic N) is 1. The van der Waals surface area contributed by atoms with Crippen molar-refractivity contribution in [1.82, 2.24) is 0 Å². The summed E-state index contributed by atoms with van der Waals surface area (Å²) in [5, 5.41) is 0.664. The van der Waals surface area contributed by atoms with Crippen molar-refractivity contribution in [3.8, 4) is 5.75 Å². The summed E-state index contributed by atoms with van der Waals surface area (Å²) in [6.45, 7) is 0. The van der Waals surface area contributed by atoms with E-state index in [1.807, 2.05) is 0 Å². The average Bonchev–Trinajstić information content (AvgIpc) is 3.07. The molecular weight excluding hydrogens is 421 g/mol. The number of hydrogen-bond donors (Lipinski definition) is 0. The Morgan fingerprint density at radius 1 is 1.00 bits per heavy atom. The largest absolute Gasteiger partial charge is 0.497 e. The van der Waals surface area contributed by atoms with E-state index in [9.17, 15) is 14.0 Å². The molecule has 1 unspecified atom stereocenters. The molecule has 1 amide bonds. The van der Waals surface area contributed by atoms with Gasteiger partial charge < -0.3 is 9.15 Å². The van der Waals surface area contributed by atoms with Crippen molar-refractivity contribution < 1.29 is 18.3 Å². The number of methoxy groups -OCH3 is 1. The van der Waals surface area contributed by atoms with Crippen LogP contribution in [-0.4, -0.2) is 13.0 Å². The zero-order valence-electron chi connectivity index (χ0n) is 16.3. The number of benzene rings is 3. The molecule has 0 radical (unpaired) electrons. The van der Waals surface area contributed by atoms with Gasteiger partial charge in [-0.3, -0.25) is 14.5 Å². The van der Waals surface area contributed by atoms with E-state index in [1.54, 1.807) is 55.6 Å². The van der Waals surface area contributed by atoms with Crippen molar-refractivity contribution in [3.05, 3.63) is 105 Å². The zero-order valence-corrected chi connectivity index (χ0v) is 17.0. The van der Waals surface area contributed by atoms with Crippen LogP contribution in [0.1, 0.15) is 27.7 Å². The summed E-state index contributed by atoms with van der Waals surface area (Å²) >= 11 is 6.08. The molecule has 0 saturated heterocycles. The van der Waals surface area contributed by atoms with Gasteiger partial charge in [0.1, 0.15) is 17.1 Å². The smallest absolute Gasteiger partial charge is 0.295 e. The standard InChI is InChI=1S/C24H15ClFNO4/c1-30-17-9-7-16(8-10-17)27-21(13-2-5-15(26)6-3-13)20-22(28)18-12-14(25)4-11-19(18)31-23(20)24(27)29/h2-12,21H,1H3. The van der Waals surface area contributed by atoms with E-state index in [1.165, 1.54) is 23.1 Å². The lowest BCUT2D eigenvalue weighted by atomic mass is 9.98. The zero-order chi connectivity index (χ0) is 21.7. The first-order valence-corrected chi connectivity index (χ1v) is 9.85. The molecule has 1 aromatic heterocycles. The highest BCUT2D eigenvalue weighted by Crippen LogP contribution is 2.41. The van der Waals surface area contributed by atoms with E-state index < -0.39 is 17.8 Å². The molecular formula is C24H15ClFNO4. The van der Waals surface area contributed by atoms with Crippen LogP contribution in [0.15, 0.2) is 75.9 Å². The van der Waals surface area contributed by atoms with Crippen molar-refractivity contribution in [2.75, 3.05) is 12.0 Å². The van der Waals surface area contributed by atoms with Crippen molar-refractivity contribution in [2.45, 2.75) is 6.04 Å². The maximum absolute atomic E-state index is 13.6. The van der Waals surface area contributed by atoms with Gasteiger partial charge in [-0.25, -0.2) is 4.39 Å². The monoisotopic (exact) mass is 435 g/mol. The number of amides is 1. The summed E-state index contributed by atoms with van der Waals surface area (Å²) in [7, 11) is 1.55. The molecule has 0 fully saturated rings. The maximum atomic E-state index is 13.6. The van der Waals surface area contributed by atoms with Crippen LogP contribution in [0.25, 0.3) is 11.0 Å². The molecule has 154 valence electrons. The number of anilines is 1. The number of hydrogen-bond acceptors (Lipinski definition) is 4. The number of carbonyl (C=O) groups excluding carboxylic acids is 1. The summed E-state index contributed by atoms with van der Waals surface area (Å²) in [5.41, 5.74) is 1.25. The quantitative estimate of drug-likeness (QED) is 0.435. The van der Waals surface area contributed by atoms with E-state index >= 15 is 0 Å². The molecule has 5 rings (SSSR count). The maximum Gasteiger partial charge on any atom is 0.295 e. The summed E-state index contributed by atoms with van der Waals surface area (Å²) in [6.07, 6.45) is 0. The van der Waals surface area contributed by atoms with Crippen molar-refractivity contribution in [1.29, 1.82) is 0 Å². The van der Waals surface area contributed by atoms with Gasteiger partial charge in [0.25, 0.3) is 5.91 Å². The first kappa shape index (κ1) is 19.3. The summed E-state index contributed by atoms with van der Waals surface area (Å²) < 4.78 is 24.7. The van der Waals surface area contributed by atoms with Crippen LogP contribution in [0.2, 0.25) is 5.02 Å². The van der Waals surface area contributed by atoms with Gasteiger partial charge in [0.15, 0.2) is 5.43 Å². The van der Waals surface area contributed by atoms with Crippen molar-refractivity contribution >= 4 is 34.2 Å². The Labute approximate surface area is 181 Å². The van der Waals surface area contributed by atoms with Gasteiger partial charge in [-0.15, -0.1) is 0 Å². The van der Waals surface area contributed by atoms with Crippen molar-refractivity contribution in [3.63, 3.8) is 0 Å².